The minimum atomic E-state index is -0.269. The molecule has 0 saturated heterocycles. The van der Waals surface area contributed by atoms with E-state index in [0.29, 0.717) is 6.61 Å². The predicted molar refractivity (Wildman–Crippen MR) is 54.1 cm³/mol. The standard InChI is InChI=1S/C10H21NO3/c1-14-7-8(6-12)11-9-4-2-3-5-10(9)13/h8-13H,2-7H2,1H3. The second kappa shape index (κ2) is 6.35. The number of rotatable bonds is 5. The van der Waals surface area contributed by atoms with Crippen LogP contribution in [0.5, 0.6) is 0 Å². The van der Waals surface area contributed by atoms with Crippen LogP contribution in [0.2, 0.25) is 0 Å². The lowest BCUT2D eigenvalue weighted by molar-refractivity contribution is 0.0611. The highest BCUT2D eigenvalue weighted by Crippen LogP contribution is 2.18. The minimum absolute atomic E-state index is 0.0526. The number of aliphatic hydroxyl groups is 2. The maximum atomic E-state index is 9.70. The Morgan fingerprint density at radius 1 is 1.43 bits per heavy atom. The maximum absolute atomic E-state index is 9.70. The van der Waals surface area contributed by atoms with Gasteiger partial charge in [-0.25, -0.2) is 0 Å². The van der Waals surface area contributed by atoms with Crippen LogP contribution < -0.4 is 5.32 Å². The van der Waals surface area contributed by atoms with Crippen molar-refractivity contribution in [3.8, 4) is 0 Å². The summed E-state index contributed by atoms with van der Waals surface area (Å²) < 4.78 is 4.97. The van der Waals surface area contributed by atoms with E-state index >= 15 is 0 Å². The molecular weight excluding hydrogens is 182 g/mol. The fraction of sp³-hybridized carbons (Fsp3) is 1.00. The van der Waals surface area contributed by atoms with Gasteiger partial charge in [0.15, 0.2) is 0 Å². The molecule has 0 heterocycles. The minimum Gasteiger partial charge on any atom is -0.395 e. The number of hydrogen-bond acceptors (Lipinski definition) is 4. The molecule has 0 aliphatic heterocycles. The Labute approximate surface area is 85.3 Å². The summed E-state index contributed by atoms with van der Waals surface area (Å²) in [6.07, 6.45) is 3.84. The Morgan fingerprint density at radius 3 is 2.71 bits per heavy atom. The Bertz CT molecular complexity index is 154. The molecule has 1 rings (SSSR count). The number of nitrogens with one attached hydrogen (secondary N) is 1. The Hall–Kier alpha value is -0.160. The molecule has 1 saturated carbocycles. The molecule has 1 aliphatic rings. The second-order valence-electron chi connectivity index (χ2n) is 3.96. The zero-order chi connectivity index (χ0) is 10.4. The molecular formula is C10H21NO3. The first-order chi connectivity index (χ1) is 6.77. The summed E-state index contributed by atoms with van der Waals surface area (Å²) in [5.41, 5.74) is 0. The third-order valence-corrected chi connectivity index (χ3v) is 2.77. The molecule has 1 aliphatic carbocycles. The third-order valence-electron chi connectivity index (χ3n) is 2.77. The van der Waals surface area contributed by atoms with Gasteiger partial charge >= 0.3 is 0 Å². The third kappa shape index (κ3) is 3.53. The molecule has 0 aromatic heterocycles. The molecule has 4 nitrogen and oxygen atoms in total. The average molecular weight is 203 g/mol. The average Bonchev–Trinajstić information content (AvgIpc) is 2.20. The molecule has 3 unspecified atom stereocenters. The second-order valence-corrected chi connectivity index (χ2v) is 3.96. The molecule has 84 valence electrons. The van der Waals surface area contributed by atoms with Crippen LogP contribution in [-0.2, 0) is 4.74 Å². The van der Waals surface area contributed by atoms with Crippen LogP contribution in [-0.4, -0.2) is 48.7 Å². The zero-order valence-electron chi connectivity index (χ0n) is 8.78. The maximum Gasteiger partial charge on any atom is 0.0693 e. The summed E-state index contributed by atoms with van der Waals surface area (Å²) in [4.78, 5) is 0. The van der Waals surface area contributed by atoms with Gasteiger partial charge < -0.3 is 20.3 Å². The predicted octanol–water partition coefficient (Wildman–Crippen LogP) is -0.113. The van der Waals surface area contributed by atoms with Crippen LogP contribution in [0.4, 0.5) is 0 Å². The summed E-state index contributed by atoms with van der Waals surface area (Å²) >= 11 is 0. The first-order valence-corrected chi connectivity index (χ1v) is 5.32. The van der Waals surface area contributed by atoms with E-state index in [0.717, 1.165) is 25.7 Å². The summed E-state index contributed by atoms with van der Waals surface area (Å²) in [5, 5.41) is 22.0. The molecule has 3 N–H and O–H groups in total. The van der Waals surface area contributed by atoms with Gasteiger partial charge in [-0.15, -0.1) is 0 Å². The van der Waals surface area contributed by atoms with E-state index in [2.05, 4.69) is 5.32 Å². The van der Waals surface area contributed by atoms with Crippen molar-refractivity contribution in [1.29, 1.82) is 0 Å². The lowest BCUT2D eigenvalue weighted by Crippen LogP contribution is -2.49. The van der Waals surface area contributed by atoms with E-state index in [1.54, 1.807) is 7.11 Å². The Balaban J connectivity index is 2.31. The van der Waals surface area contributed by atoms with Crippen molar-refractivity contribution in [3.63, 3.8) is 0 Å². The van der Waals surface area contributed by atoms with Crippen LogP contribution >= 0.6 is 0 Å². The lowest BCUT2D eigenvalue weighted by Gasteiger charge is -2.31. The monoisotopic (exact) mass is 203 g/mol. The Morgan fingerprint density at radius 2 is 2.14 bits per heavy atom. The molecule has 1 fully saturated rings. The first kappa shape index (κ1) is 11.9. The van der Waals surface area contributed by atoms with Crippen LogP contribution in [0, 0.1) is 0 Å². The van der Waals surface area contributed by atoms with E-state index in [9.17, 15) is 5.11 Å². The van der Waals surface area contributed by atoms with Gasteiger partial charge in [-0.05, 0) is 12.8 Å². The molecule has 4 heteroatoms. The lowest BCUT2D eigenvalue weighted by atomic mass is 9.92. The highest BCUT2D eigenvalue weighted by atomic mass is 16.5. The summed E-state index contributed by atoms with van der Waals surface area (Å²) in [6, 6.07) is 0.0637. The molecule has 0 bridgehead atoms. The van der Waals surface area contributed by atoms with Gasteiger partial charge in [0.2, 0.25) is 0 Å². The molecule has 0 radical (unpaired) electrons. The van der Waals surface area contributed by atoms with Crippen molar-refractivity contribution >= 4 is 0 Å². The van der Waals surface area contributed by atoms with E-state index in [-0.39, 0.29) is 24.8 Å². The van der Waals surface area contributed by atoms with Crippen molar-refractivity contribution in [2.24, 2.45) is 0 Å². The van der Waals surface area contributed by atoms with Crippen molar-refractivity contribution in [3.05, 3.63) is 0 Å². The van der Waals surface area contributed by atoms with Gasteiger partial charge in [0.25, 0.3) is 0 Å². The van der Waals surface area contributed by atoms with Gasteiger partial charge in [0, 0.05) is 13.2 Å². The van der Waals surface area contributed by atoms with Crippen LogP contribution in [0.25, 0.3) is 0 Å². The van der Waals surface area contributed by atoms with E-state index in [4.69, 9.17) is 9.84 Å². The van der Waals surface area contributed by atoms with Gasteiger partial charge in [-0.3, -0.25) is 0 Å². The largest absolute Gasteiger partial charge is 0.395 e. The SMILES string of the molecule is COCC(CO)NC1CCCCC1O. The molecule has 3 atom stereocenters. The van der Waals surface area contributed by atoms with Crippen LogP contribution in [0.3, 0.4) is 0 Å². The van der Waals surface area contributed by atoms with E-state index in [1.807, 2.05) is 0 Å². The van der Waals surface area contributed by atoms with Crippen molar-refractivity contribution in [2.45, 2.75) is 43.9 Å². The summed E-state index contributed by atoms with van der Waals surface area (Å²) in [6.45, 7) is 0.538. The normalized spacial score (nSPS) is 30.2. The Kier molecular flexibility index (Phi) is 5.40. The molecule has 0 aromatic carbocycles. The fourth-order valence-corrected chi connectivity index (χ4v) is 1.96. The van der Waals surface area contributed by atoms with Crippen LogP contribution in [0.1, 0.15) is 25.7 Å². The van der Waals surface area contributed by atoms with Gasteiger partial charge in [-0.1, -0.05) is 12.8 Å². The van der Waals surface area contributed by atoms with Gasteiger partial charge in [0.05, 0.1) is 25.4 Å². The van der Waals surface area contributed by atoms with Gasteiger partial charge in [0.1, 0.15) is 0 Å². The molecule has 0 aromatic rings. The number of hydrogen-bond donors (Lipinski definition) is 3. The smallest absolute Gasteiger partial charge is 0.0693 e. The first-order valence-electron chi connectivity index (χ1n) is 5.32. The topological polar surface area (TPSA) is 61.7 Å². The molecule has 0 amide bonds. The zero-order valence-corrected chi connectivity index (χ0v) is 8.78. The van der Waals surface area contributed by atoms with Crippen molar-refractivity contribution < 1.29 is 14.9 Å². The highest BCUT2D eigenvalue weighted by Gasteiger charge is 2.24. The van der Waals surface area contributed by atoms with Crippen LogP contribution in [0.15, 0.2) is 0 Å². The number of ether oxygens (including phenoxy) is 1. The quantitative estimate of drug-likeness (QED) is 0.583. The number of methoxy groups -OCH3 is 1. The molecule has 0 spiro atoms. The van der Waals surface area contributed by atoms with Crippen molar-refractivity contribution in [1.82, 2.24) is 5.32 Å². The van der Waals surface area contributed by atoms with E-state index < -0.39 is 0 Å². The van der Waals surface area contributed by atoms with Gasteiger partial charge in [-0.2, -0.15) is 0 Å². The summed E-state index contributed by atoms with van der Waals surface area (Å²) in [7, 11) is 1.61. The van der Waals surface area contributed by atoms with Crippen molar-refractivity contribution in [2.75, 3.05) is 20.3 Å². The fourth-order valence-electron chi connectivity index (χ4n) is 1.96. The summed E-state index contributed by atoms with van der Waals surface area (Å²) in [5.74, 6) is 0. The van der Waals surface area contributed by atoms with E-state index in [1.165, 1.54) is 0 Å². The molecule has 14 heavy (non-hydrogen) atoms. The highest BCUT2D eigenvalue weighted by molar-refractivity contribution is 4.83. The number of aliphatic hydroxyl groups excluding tert-OH is 2.